The first-order chi connectivity index (χ1) is 21.3. The number of carbonyl (C=O) groups is 2. The molecule has 2 heterocycles. The molecule has 4 unspecified atom stereocenters. The van der Waals surface area contributed by atoms with E-state index in [0.717, 1.165) is 31.7 Å². The quantitative estimate of drug-likeness (QED) is 0.294. The second-order valence-electron chi connectivity index (χ2n) is 13.8. The van der Waals surface area contributed by atoms with Crippen LogP contribution in [0.1, 0.15) is 71.9 Å². The fraction of sp³-hybridized carbons (Fsp3) is 0.529. The lowest BCUT2D eigenvalue weighted by Gasteiger charge is -2.39. The minimum atomic E-state index is -0.789. The third-order valence-corrected chi connectivity index (χ3v) is 9.21. The van der Waals surface area contributed by atoms with E-state index in [4.69, 9.17) is 16.3 Å². The highest BCUT2D eigenvalue weighted by atomic mass is 35.5. The van der Waals surface area contributed by atoms with E-state index in [1.807, 2.05) is 24.3 Å². The number of nitrogens with zero attached hydrogens (tertiary/aromatic N) is 4. The van der Waals surface area contributed by atoms with Crippen molar-refractivity contribution in [3.8, 4) is 11.3 Å². The van der Waals surface area contributed by atoms with Gasteiger partial charge in [0.15, 0.2) is 0 Å². The summed E-state index contributed by atoms with van der Waals surface area (Å²) < 4.78 is 35.0. The Labute approximate surface area is 268 Å². The average molecular weight is 642 g/mol. The zero-order valence-corrected chi connectivity index (χ0v) is 27.2. The molecule has 45 heavy (non-hydrogen) atoms. The SMILES string of the molecule is CC(C)C1CCC(NC(=O)[C@@H]2CC(n3cc(-c4cc(F)cc(F)c4)nn3)CN2C(=O)OC(C)(C)C)C(Cc2ccc(Cl)cc2)C1. The lowest BCUT2D eigenvalue weighted by Crippen LogP contribution is -2.52. The molecule has 11 heteroatoms. The van der Waals surface area contributed by atoms with Crippen LogP contribution in [0.25, 0.3) is 11.3 Å². The van der Waals surface area contributed by atoms with Crippen molar-refractivity contribution in [2.45, 2.75) is 90.4 Å². The lowest BCUT2D eigenvalue weighted by atomic mass is 9.71. The van der Waals surface area contributed by atoms with Crippen LogP contribution < -0.4 is 5.32 Å². The normalized spacial score (nSPS) is 23.8. The zero-order valence-electron chi connectivity index (χ0n) is 26.5. The number of amides is 2. The molecule has 1 saturated heterocycles. The molecule has 2 fully saturated rings. The van der Waals surface area contributed by atoms with Crippen LogP contribution in [0.5, 0.6) is 0 Å². The number of likely N-dealkylation sites (tertiary alicyclic amines) is 1. The monoisotopic (exact) mass is 641 g/mol. The average Bonchev–Trinajstić information content (AvgIpc) is 3.62. The van der Waals surface area contributed by atoms with E-state index < -0.39 is 35.4 Å². The number of aromatic nitrogens is 3. The lowest BCUT2D eigenvalue weighted by molar-refractivity contribution is -0.127. The van der Waals surface area contributed by atoms with Gasteiger partial charge in [0.1, 0.15) is 29.0 Å². The number of benzene rings is 2. The van der Waals surface area contributed by atoms with Crippen molar-refractivity contribution in [2.24, 2.45) is 17.8 Å². The smallest absolute Gasteiger partial charge is 0.411 e. The Hall–Kier alpha value is -3.53. The molecule has 0 spiro atoms. The van der Waals surface area contributed by atoms with E-state index in [1.165, 1.54) is 22.6 Å². The maximum Gasteiger partial charge on any atom is 0.411 e. The summed E-state index contributed by atoms with van der Waals surface area (Å²) in [6, 6.07) is 9.79. The van der Waals surface area contributed by atoms with Crippen LogP contribution in [-0.2, 0) is 16.0 Å². The molecule has 1 aliphatic carbocycles. The van der Waals surface area contributed by atoms with Crippen LogP contribution >= 0.6 is 11.6 Å². The number of carbonyl (C=O) groups excluding carboxylic acids is 2. The molecule has 8 nitrogen and oxygen atoms in total. The first-order valence-electron chi connectivity index (χ1n) is 15.7. The third kappa shape index (κ3) is 8.20. The number of hydrogen-bond donors (Lipinski definition) is 1. The highest BCUT2D eigenvalue weighted by molar-refractivity contribution is 6.30. The highest BCUT2D eigenvalue weighted by Gasteiger charge is 2.44. The van der Waals surface area contributed by atoms with Gasteiger partial charge in [0.05, 0.1) is 12.2 Å². The molecular weight excluding hydrogens is 600 g/mol. The van der Waals surface area contributed by atoms with E-state index in [-0.39, 0.29) is 42.1 Å². The van der Waals surface area contributed by atoms with Crippen LogP contribution in [0.15, 0.2) is 48.7 Å². The molecule has 1 aromatic heterocycles. The Morgan fingerprint density at radius 2 is 1.76 bits per heavy atom. The molecule has 3 aromatic rings. The van der Waals surface area contributed by atoms with Gasteiger partial charge in [-0.15, -0.1) is 5.10 Å². The van der Waals surface area contributed by atoms with Crippen LogP contribution in [0.4, 0.5) is 13.6 Å². The molecule has 5 rings (SSSR count). The van der Waals surface area contributed by atoms with Crippen LogP contribution in [0, 0.1) is 29.4 Å². The standard InChI is InChI=1S/C34H42ClF2N5O3/c1-20(2)22-8-11-29(23(13-22)12-21-6-9-25(35)10-7-21)38-32(43)31-17-28(18-41(31)33(44)45-34(3,4)5)42-19-30(39-40-42)24-14-26(36)16-27(37)15-24/h6-7,9-10,14-16,19-20,22-23,28-29,31H,8,11-13,17-18H2,1-5H3,(H,38,43)/t22?,23?,28?,29?,31-/m0/s1. The van der Waals surface area contributed by atoms with Gasteiger partial charge in [0.2, 0.25) is 5.91 Å². The zero-order chi connectivity index (χ0) is 32.5. The first-order valence-corrected chi connectivity index (χ1v) is 16.1. The van der Waals surface area contributed by atoms with Crippen molar-refractivity contribution >= 4 is 23.6 Å². The topological polar surface area (TPSA) is 89.4 Å². The van der Waals surface area contributed by atoms with Gasteiger partial charge in [0.25, 0.3) is 0 Å². The molecule has 1 N–H and O–H groups in total. The third-order valence-electron chi connectivity index (χ3n) is 8.96. The summed E-state index contributed by atoms with van der Waals surface area (Å²) in [5.74, 6) is -0.324. The predicted molar refractivity (Wildman–Crippen MR) is 169 cm³/mol. The first kappa shape index (κ1) is 32.9. The minimum absolute atomic E-state index is 0.0523. The summed E-state index contributed by atoms with van der Waals surface area (Å²) in [7, 11) is 0. The predicted octanol–water partition coefficient (Wildman–Crippen LogP) is 7.23. The van der Waals surface area contributed by atoms with Crippen molar-refractivity contribution in [3.63, 3.8) is 0 Å². The van der Waals surface area contributed by atoms with Crippen molar-refractivity contribution in [1.82, 2.24) is 25.2 Å². The van der Waals surface area contributed by atoms with Crippen molar-refractivity contribution in [3.05, 3.63) is 70.9 Å². The maximum atomic E-state index is 14.0. The Morgan fingerprint density at radius 1 is 1.07 bits per heavy atom. The van der Waals surface area contributed by atoms with Gasteiger partial charge in [-0.1, -0.05) is 42.8 Å². The van der Waals surface area contributed by atoms with Crippen molar-refractivity contribution in [1.29, 1.82) is 0 Å². The van der Waals surface area contributed by atoms with Gasteiger partial charge in [-0.05, 0) is 94.0 Å². The number of rotatable bonds is 7. The fourth-order valence-electron chi connectivity index (χ4n) is 6.59. The maximum absolute atomic E-state index is 14.0. The van der Waals surface area contributed by atoms with Crippen molar-refractivity contribution < 1.29 is 23.1 Å². The molecule has 2 aliphatic rings. The van der Waals surface area contributed by atoms with E-state index in [0.29, 0.717) is 16.9 Å². The number of hydrogen-bond acceptors (Lipinski definition) is 5. The van der Waals surface area contributed by atoms with Crippen molar-refractivity contribution in [2.75, 3.05) is 6.54 Å². The molecule has 1 aliphatic heterocycles. The van der Waals surface area contributed by atoms with E-state index in [2.05, 4.69) is 29.5 Å². The van der Waals surface area contributed by atoms with Gasteiger partial charge in [-0.25, -0.2) is 18.3 Å². The van der Waals surface area contributed by atoms with E-state index in [9.17, 15) is 18.4 Å². The summed E-state index contributed by atoms with van der Waals surface area (Å²) in [5, 5.41) is 12.3. The van der Waals surface area contributed by atoms with Gasteiger partial charge in [0, 0.05) is 35.7 Å². The second kappa shape index (κ2) is 13.4. The molecule has 2 amide bonds. The molecule has 2 aromatic carbocycles. The molecule has 0 radical (unpaired) electrons. The Morgan fingerprint density at radius 3 is 2.40 bits per heavy atom. The largest absolute Gasteiger partial charge is 0.444 e. The molecule has 242 valence electrons. The van der Waals surface area contributed by atoms with Gasteiger partial charge in [-0.3, -0.25) is 9.69 Å². The minimum Gasteiger partial charge on any atom is -0.444 e. The summed E-state index contributed by atoms with van der Waals surface area (Å²) in [6.07, 6.45) is 4.97. The van der Waals surface area contributed by atoms with Crippen LogP contribution in [0.2, 0.25) is 5.02 Å². The Balaban J connectivity index is 1.36. The number of nitrogens with one attached hydrogen (secondary N) is 1. The van der Waals surface area contributed by atoms with E-state index in [1.54, 1.807) is 31.6 Å². The molecular formula is C34H42ClF2N5O3. The fourth-order valence-corrected chi connectivity index (χ4v) is 6.72. The highest BCUT2D eigenvalue weighted by Crippen LogP contribution is 2.37. The molecule has 5 atom stereocenters. The summed E-state index contributed by atoms with van der Waals surface area (Å²) in [6.45, 7) is 10.0. The van der Waals surface area contributed by atoms with E-state index >= 15 is 0 Å². The van der Waals surface area contributed by atoms with Gasteiger partial charge in [-0.2, -0.15) is 0 Å². The number of ether oxygens (including phenoxy) is 1. The summed E-state index contributed by atoms with van der Waals surface area (Å²) in [5.41, 5.74) is 0.956. The molecule has 0 bridgehead atoms. The van der Waals surface area contributed by atoms with Gasteiger partial charge < -0.3 is 10.1 Å². The second-order valence-corrected chi connectivity index (χ2v) is 14.2. The number of halogens is 3. The summed E-state index contributed by atoms with van der Waals surface area (Å²) >= 11 is 6.13. The molecule has 1 saturated carbocycles. The van der Waals surface area contributed by atoms with Crippen LogP contribution in [-0.4, -0.2) is 56.1 Å². The van der Waals surface area contributed by atoms with Gasteiger partial charge >= 0.3 is 6.09 Å². The van der Waals surface area contributed by atoms with Crippen LogP contribution in [0.3, 0.4) is 0 Å². The Kier molecular flexibility index (Phi) is 9.82. The summed E-state index contributed by atoms with van der Waals surface area (Å²) in [4.78, 5) is 28.9. The Bertz CT molecular complexity index is 1490.